The fourth-order valence-corrected chi connectivity index (χ4v) is 1.46. The number of halogens is 1. The molecule has 1 heterocycles. The summed E-state index contributed by atoms with van der Waals surface area (Å²) in [4.78, 5) is 10.5. The fraction of sp³-hybridized carbons (Fsp3) is 0.0909. The van der Waals surface area contributed by atoms with Crippen LogP contribution in [-0.4, -0.2) is 26.0 Å². The van der Waals surface area contributed by atoms with Gasteiger partial charge < -0.3 is 10.2 Å². The number of hydrogen-bond acceptors (Lipinski definition) is 3. The van der Waals surface area contributed by atoms with Gasteiger partial charge in [-0.3, -0.25) is 4.79 Å². The molecule has 1 aromatic carbocycles. The Kier molecular flexibility index (Phi) is 2.78. The Balaban J connectivity index is 2.44. The molecule has 0 unspecified atom stereocenters. The number of carbonyl (C=O) groups is 1. The van der Waals surface area contributed by atoms with E-state index in [4.69, 9.17) is 5.11 Å². The third-order valence-corrected chi connectivity index (χ3v) is 2.23. The smallest absolute Gasteiger partial charge is 0.308 e. The molecule has 0 radical (unpaired) electrons. The van der Waals surface area contributed by atoms with Crippen LogP contribution in [0.2, 0.25) is 0 Å². The summed E-state index contributed by atoms with van der Waals surface area (Å²) in [6.45, 7) is 0. The summed E-state index contributed by atoms with van der Waals surface area (Å²) in [6, 6.07) is 6.09. The summed E-state index contributed by atoms with van der Waals surface area (Å²) in [6.07, 6.45) is 0.690. The number of hydrogen-bond donors (Lipinski definition) is 2. The number of phenols is 1. The molecule has 88 valence electrons. The van der Waals surface area contributed by atoms with Crippen molar-refractivity contribution in [2.75, 3.05) is 0 Å². The van der Waals surface area contributed by atoms with Gasteiger partial charge in [-0.25, -0.2) is 4.68 Å². The van der Waals surface area contributed by atoms with E-state index >= 15 is 0 Å². The average molecular weight is 236 g/mol. The van der Waals surface area contributed by atoms with E-state index in [1.807, 2.05) is 0 Å². The lowest BCUT2D eigenvalue weighted by atomic mass is 10.2. The lowest BCUT2D eigenvalue weighted by Gasteiger charge is -2.04. The number of carboxylic acid groups (broad SMARTS) is 1. The van der Waals surface area contributed by atoms with Crippen LogP contribution in [0, 0.1) is 5.95 Å². The van der Waals surface area contributed by atoms with Crippen molar-refractivity contribution in [2.45, 2.75) is 6.42 Å². The van der Waals surface area contributed by atoms with E-state index in [9.17, 15) is 14.3 Å². The maximum absolute atomic E-state index is 13.8. The van der Waals surface area contributed by atoms with E-state index in [2.05, 4.69) is 5.10 Å². The zero-order chi connectivity index (χ0) is 12.4. The van der Waals surface area contributed by atoms with Crippen molar-refractivity contribution in [1.82, 2.24) is 9.78 Å². The maximum atomic E-state index is 13.8. The highest BCUT2D eigenvalue weighted by Crippen LogP contribution is 2.22. The van der Waals surface area contributed by atoms with Gasteiger partial charge in [-0.1, -0.05) is 12.1 Å². The molecule has 2 aromatic rings. The third kappa shape index (κ3) is 2.10. The molecule has 0 spiro atoms. The Hall–Kier alpha value is -2.37. The molecule has 0 aliphatic rings. The van der Waals surface area contributed by atoms with Gasteiger partial charge in [0.1, 0.15) is 11.4 Å². The molecule has 0 bridgehead atoms. The van der Waals surface area contributed by atoms with E-state index in [0.717, 1.165) is 10.9 Å². The van der Waals surface area contributed by atoms with Crippen molar-refractivity contribution in [1.29, 1.82) is 0 Å². The molecule has 0 aliphatic carbocycles. The van der Waals surface area contributed by atoms with Gasteiger partial charge in [0.15, 0.2) is 0 Å². The monoisotopic (exact) mass is 236 g/mol. The van der Waals surface area contributed by atoms with Gasteiger partial charge in [-0.05, 0) is 12.1 Å². The average Bonchev–Trinajstić information content (AvgIpc) is 2.61. The second-order valence-corrected chi connectivity index (χ2v) is 3.43. The SMILES string of the molecule is O=C(O)Cc1cnn(-c2ccccc2O)c1F. The summed E-state index contributed by atoms with van der Waals surface area (Å²) >= 11 is 0. The van der Waals surface area contributed by atoms with Gasteiger partial charge in [0.05, 0.1) is 12.6 Å². The fourth-order valence-electron chi connectivity index (χ4n) is 1.46. The Morgan fingerprint density at radius 3 is 2.76 bits per heavy atom. The first kappa shape index (κ1) is 11.1. The molecule has 17 heavy (non-hydrogen) atoms. The first-order chi connectivity index (χ1) is 8.09. The van der Waals surface area contributed by atoms with Crippen molar-refractivity contribution in [3.63, 3.8) is 0 Å². The number of para-hydroxylation sites is 2. The molecular formula is C11H9FN2O3. The van der Waals surface area contributed by atoms with Crippen LogP contribution in [0.3, 0.4) is 0 Å². The van der Waals surface area contributed by atoms with Crippen LogP contribution >= 0.6 is 0 Å². The number of aromatic nitrogens is 2. The minimum atomic E-state index is -1.14. The van der Waals surface area contributed by atoms with Crippen molar-refractivity contribution in [3.8, 4) is 11.4 Å². The van der Waals surface area contributed by atoms with Gasteiger partial charge in [0.2, 0.25) is 5.95 Å². The van der Waals surface area contributed by atoms with E-state index in [1.165, 1.54) is 12.1 Å². The van der Waals surface area contributed by atoms with E-state index in [-0.39, 0.29) is 17.0 Å². The van der Waals surface area contributed by atoms with Crippen LogP contribution in [0.5, 0.6) is 5.75 Å². The standard InChI is InChI=1S/C11H9FN2O3/c12-11-7(5-10(16)17)6-13-14(11)8-3-1-2-4-9(8)15/h1-4,6,15H,5H2,(H,16,17). The first-order valence-electron chi connectivity index (χ1n) is 4.82. The lowest BCUT2D eigenvalue weighted by molar-refractivity contribution is -0.136. The number of benzene rings is 1. The van der Waals surface area contributed by atoms with E-state index in [0.29, 0.717) is 0 Å². The normalized spacial score (nSPS) is 10.4. The van der Waals surface area contributed by atoms with Gasteiger partial charge in [0.25, 0.3) is 0 Å². The lowest BCUT2D eigenvalue weighted by Crippen LogP contribution is -2.04. The molecule has 5 nitrogen and oxygen atoms in total. The zero-order valence-corrected chi connectivity index (χ0v) is 8.67. The van der Waals surface area contributed by atoms with Crippen LogP contribution in [0.15, 0.2) is 30.5 Å². The largest absolute Gasteiger partial charge is 0.506 e. The maximum Gasteiger partial charge on any atom is 0.308 e. The molecule has 0 aliphatic heterocycles. The van der Waals surface area contributed by atoms with Crippen LogP contribution in [0.4, 0.5) is 4.39 Å². The second-order valence-electron chi connectivity index (χ2n) is 3.43. The first-order valence-corrected chi connectivity index (χ1v) is 4.82. The molecule has 0 fully saturated rings. The zero-order valence-electron chi connectivity index (χ0n) is 8.67. The molecule has 2 N–H and O–H groups in total. The van der Waals surface area contributed by atoms with E-state index in [1.54, 1.807) is 12.1 Å². The van der Waals surface area contributed by atoms with Crippen LogP contribution in [0.1, 0.15) is 5.56 Å². The van der Waals surface area contributed by atoms with Crippen molar-refractivity contribution in [3.05, 3.63) is 42.0 Å². The van der Waals surface area contributed by atoms with E-state index < -0.39 is 18.3 Å². The van der Waals surface area contributed by atoms with Gasteiger partial charge in [-0.15, -0.1) is 0 Å². The van der Waals surface area contributed by atoms with Crippen LogP contribution in [-0.2, 0) is 11.2 Å². The number of nitrogens with zero attached hydrogens (tertiary/aromatic N) is 2. The molecule has 6 heteroatoms. The molecule has 0 saturated carbocycles. The summed E-state index contributed by atoms with van der Waals surface area (Å²) in [5, 5.41) is 21.8. The molecular weight excluding hydrogens is 227 g/mol. The molecule has 2 rings (SSSR count). The number of rotatable bonds is 3. The Bertz CT molecular complexity index is 566. The second kappa shape index (κ2) is 4.25. The predicted octanol–water partition coefficient (Wildman–Crippen LogP) is 1.34. The molecule has 1 aromatic heterocycles. The molecule has 0 saturated heterocycles. The Morgan fingerprint density at radius 2 is 2.12 bits per heavy atom. The number of phenolic OH excluding ortho intramolecular Hbond substituents is 1. The highest BCUT2D eigenvalue weighted by molar-refractivity contribution is 5.70. The third-order valence-electron chi connectivity index (χ3n) is 2.23. The number of carboxylic acids is 1. The van der Waals surface area contributed by atoms with Gasteiger partial charge >= 0.3 is 5.97 Å². The molecule has 0 amide bonds. The van der Waals surface area contributed by atoms with Crippen molar-refractivity contribution >= 4 is 5.97 Å². The van der Waals surface area contributed by atoms with Gasteiger partial charge in [-0.2, -0.15) is 9.49 Å². The number of aromatic hydroxyl groups is 1. The predicted molar refractivity (Wildman–Crippen MR) is 56.5 cm³/mol. The molecule has 0 atom stereocenters. The summed E-state index contributed by atoms with van der Waals surface area (Å²) in [5.74, 6) is -2.05. The van der Waals surface area contributed by atoms with Crippen molar-refractivity contribution in [2.24, 2.45) is 0 Å². The Morgan fingerprint density at radius 1 is 1.41 bits per heavy atom. The minimum Gasteiger partial charge on any atom is -0.506 e. The quantitative estimate of drug-likeness (QED) is 0.843. The Labute approximate surface area is 95.7 Å². The number of aliphatic carboxylic acids is 1. The summed E-state index contributed by atoms with van der Waals surface area (Å²) in [5.41, 5.74) is 0.141. The highest BCUT2D eigenvalue weighted by Gasteiger charge is 2.15. The van der Waals surface area contributed by atoms with Crippen molar-refractivity contribution < 1.29 is 19.4 Å². The highest BCUT2D eigenvalue weighted by atomic mass is 19.1. The van der Waals surface area contributed by atoms with Gasteiger partial charge in [0, 0.05) is 5.56 Å². The summed E-state index contributed by atoms with van der Waals surface area (Å²) in [7, 11) is 0. The van der Waals surface area contributed by atoms with Crippen LogP contribution in [0.25, 0.3) is 5.69 Å². The topological polar surface area (TPSA) is 75.3 Å². The summed E-state index contributed by atoms with van der Waals surface area (Å²) < 4.78 is 14.7. The minimum absolute atomic E-state index is 0.0271. The van der Waals surface area contributed by atoms with Crippen LogP contribution < -0.4 is 0 Å².